The Morgan fingerprint density at radius 1 is 1.30 bits per heavy atom. The first-order chi connectivity index (χ1) is 13.1. The van der Waals surface area contributed by atoms with Crippen LogP contribution in [0.25, 0.3) is 11.3 Å². The van der Waals surface area contributed by atoms with Crippen LogP contribution >= 0.6 is 11.3 Å². The van der Waals surface area contributed by atoms with E-state index in [4.69, 9.17) is 4.74 Å². The van der Waals surface area contributed by atoms with Gasteiger partial charge in [0.2, 0.25) is 5.91 Å². The highest BCUT2D eigenvalue weighted by atomic mass is 32.1. The Labute approximate surface area is 165 Å². The second-order valence-electron chi connectivity index (χ2n) is 7.09. The van der Waals surface area contributed by atoms with E-state index in [0.29, 0.717) is 6.42 Å². The van der Waals surface area contributed by atoms with Crippen LogP contribution in [-0.4, -0.2) is 48.6 Å². The lowest BCUT2D eigenvalue weighted by atomic mass is 10.1. The molecule has 6 heteroatoms. The van der Waals surface area contributed by atoms with Gasteiger partial charge in [-0.3, -0.25) is 4.79 Å². The van der Waals surface area contributed by atoms with Gasteiger partial charge < -0.3 is 15.0 Å². The molecule has 1 aromatic carbocycles. The summed E-state index contributed by atoms with van der Waals surface area (Å²) in [6.07, 6.45) is 3.88. The lowest BCUT2D eigenvalue weighted by Gasteiger charge is -2.23. The molecule has 1 saturated heterocycles. The van der Waals surface area contributed by atoms with Gasteiger partial charge in [-0.25, -0.2) is 4.98 Å². The summed E-state index contributed by atoms with van der Waals surface area (Å²) in [5.74, 6) is 0.900. The van der Waals surface area contributed by atoms with E-state index in [1.165, 1.54) is 12.8 Å². The second kappa shape index (κ2) is 9.33. The Hall–Kier alpha value is -1.92. The molecule has 0 aliphatic carbocycles. The van der Waals surface area contributed by atoms with Crippen LogP contribution in [0, 0.1) is 6.92 Å². The third-order valence-electron chi connectivity index (χ3n) is 5.02. The molecule has 146 valence electrons. The number of benzene rings is 1. The highest BCUT2D eigenvalue weighted by molar-refractivity contribution is 7.12. The number of rotatable bonds is 8. The van der Waals surface area contributed by atoms with Crippen LogP contribution in [0.1, 0.15) is 36.1 Å². The predicted octanol–water partition coefficient (Wildman–Crippen LogP) is 3.66. The number of carbonyl (C=O) groups is 1. The molecule has 2 heterocycles. The molecule has 0 unspecified atom stereocenters. The van der Waals surface area contributed by atoms with Gasteiger partial charge in [-0.2, -0.15) is 0 Å². The van der Waals surface area contributed by atoms with Gasteiger partial charge in [0, 0.05) is 23.0 Å². The maximum Gasteiger partial charge on any atom is 0.225 e. The van der Waals surface area contributed by atoms with E-state index < -0.39 is 0 Å². The molecule has 1 amide bonds. The van der Waals surface area contributed by atoms with Crippen molar-refractivity contribution in [2.75, 3.05) is 26.7 Å². The van der Waals surface area contributed by atoms with Gasteiger partial charge in [0.05, 0.1) is 24.2 Å². The summed E-state index contributed by atoms with van der Waals surface area (Å²) in [6.45, 7) is 7.39. The highest BCUT2D eigenvalue weighted by Crippen LogP contribution is 2.29. The lowest BCUT2D eigenvalue weighted by Crippen LogP contribution is -2.43. The van der Waals surface area contributed by atoms with Crippen molar-refractivity contribution in [2.45, 2.75) is 45.6 Å². The topological polar surface area (TPSA) is 54.5 Å². The molecule has 5 nitrogen and oxygen atoms in total. The fraction of sp³-hybridized carbons (Fsp3) is 0.524. The molecule has 0 bridgehead atoms. The van der Waals surface area contributed by atoms with Gasteiger partial charge in [0.1, 0.15) is 5.75 Å². The molecule has 1 N–H and O–H groups in total. The van der Waals surface area contributed by atoms with Crippen LogP contribution in [0.15, 0.2) is 24.3 Å². The summed E-state index contributed by atoms with van der Waals surface area (Å²) in [7, 11) is 1.66. The fourth-order valence-corrected chi connectivity index (χ4v) is 4.50. The van der Waals surface area contributed by atoms with Crippen molar-refractivity contribution in [3.63, 3.8) is 0 Å². The van der Waals surface area contributed by atoms with E-state index in [9.17, 15) is 4.79 Å². The van der Waals surface area contributed by atoms with Gasteiger partial charge in [-0.05, 0) is 63.5 Å². The Kier molecular flexibility index (Phi) is 6.85. The molecule has 1 atom stereocenters. The van der Waals surface area contributed by atoms with Crippen molar-refractivity contribution in [2.24, 2.45) is 0 Å². The first kappa shape index (κ1) is 19.8. The van der Waals surface area contributed by atoms with Crippen molar-refractivity contribution in [3.05, 3.63) is 34.2 Å². The number of aryl methyl sites for hydroxylation is 1. The zero-order chi connectivity index (χ0) is 19.2. The van der Waals surface area contributed by atoms with Gasteiger partial charge in [-0.1, -0.05) is 6.92 Å². The predicted molar refractivity (Wildman–Crippen MR) is 110 cm³/mol. The third kappa shape index (κ3) is 5.30. The second-order valence-corrected chi connectivity index (χ2v) is 8.38. The minimum atomic E-state index is 0.0828. The number of nitrogens with one attached hydrogen (secondary N) is 1. The Bertz CT molecular complexity index is 751. The third-order valence-corrected chi connectivity index (χ3v) is 5.99. The van der Waals surface area contributed by atoms with Crippen LogP contribution < -0.4 is 10.1 Å². The normalized spacial score (nSPS) is 15.7. The molecule has 1 aromatic heterocycles. The number of likely N-dealkylation sites (tertiary alicyclic amines) is 1. The number of thiazole rings is 1. The lowest BCUT2D eigenvalue weighted by molar-refractivity contribution is -0.121. The Morgan fingerprint density at radius 2 is 2.00 bits per heavy atom. The van der Waals surface area contributed by atoms with Gasteiger partial charge >= 0.3 is 0 Å². The molecule has 3 rings (SSSR count). The molecule has 0 spiro atoms. The summed E-state index contributed by atoms with van der Waals surface area (Å²) in [6, 6.07) is 8.07. The average Bonchev–Trinajstić information content (AvgIpc) is 3.30. The van der Waals surface area contributed by atoms with Crippen molar-refractivity contribution < 1.29 is 9.53 Å². The summed E-state index contributed by atoms with van der Waals surface area (Å²) < 4.78 is 5.23. The molecule has 27 heavy (non-hydrogen) atoms. The fourth-order valence-electron chi connectivity index (χ4n) is 3.54. The van der Waals surface area contributed by atoms with Gasteiger partial charge in [0.15, 0.2) is 0 Å². The van der Waals surface area contributed by atoms with Crippen LogP contribution in [0.4, 0.5) is 0 Å². The standard InChI is InChI=1S/C21H29N3O2S/c1-4-17(14-24-11-5-6-12-24)23-20(25)13-19-21(22-15(2)27-19)16-7-9-18(26-3)10-8-16/h7-10,17H,4-6,11-14H2,1-3H3,(H,23,25)/t17-/m1/s1. The first-order valence-electron chi connectivity index (χ1n) is 9.71. The summed E-state index contributed by atoms with van der Waals surface area (Å²) in [5, 5.41) is 4.21. The number of nitrogens with zero attached hydrogens (tertiary/aromatic N) is 2. The molecule has 0 saturated carbocycles. The minimum Gasteiger partial charge on any atom is -0.497 e. The molecular formula is C21H29N3O2S. The van der Waals surface area contributed by atoms with Crippen molar-refractivity contribution in [3.8, 4) is 17.0 Å². The van der Waals surface area contributed by atoms with Gasteiger partial charge in [-0.15, -0.1) is 11.3 Å². The highest BCUT2D eigenvalue weighted by Gasteiger charge is 2.20. The number of hydrogen-bond donors (Lipinski definition) is 1. The molecule has 2 aromatic rings. The quantitative estimate of drug-likeness (QED) is 0.751. The van der Waals surface area contributed by atoms with E-state index in [1.54, 1.807) is 18.4 Å². The monoisotopic (exact) mass is 387 g/mol. The molecule has 1 fully saturated rings. The van der Waals surface area contributed by atoms with Crippen molar-refractivity contribution in [1.82, 2.24) is 15.2 Å². The molecule has 1 aliphatic rings. The number of ether oxygens (including phenoxy) is 1. The smallest absolute Gasteiger partial charge is 0.225 e. The van der Waals surface area contributed by atoms with Crippen LogP contribution in [0.3, 0.4) is 0 Å². The molecule has 0 radical (unpaired) electrons. The first-order valence-corrected chi connectivity index (χ1v) is 10.5. The van der Waals surface area contributed by atoms with Crippen molar-refractivity contribution in [1.29, 1.82) is 0 Å². The number of methoxy groups -OCH3 is 1. The van der Waals surface area contributed by atoms with E-state index in [0.717, 1.165) is 52.9 Å². The van der Waals surface area contributed by atoms with E-state index >= 15 is 0 Å². The number of hydrogen-bond acceptors (Lipinski definition) is 5. The number of amides is 1. The summed E-state index contributed by atoms with van der Waals surface area (Å²) in [5.41, 5.74) is 1.93. The minimum absolute atomic E-state index is 0.0828. The number of carbonyl (C=O) groups excluding carboxylic acids is 1. The SMILES string of the molecule is CC[C@H](CN1CCCC1)NC(=O)Cc1sc(C)nc1-c1ccc(OC)cc1. The maximum atomic E-state index is 12.7. The van der Waals surface area contributed by atoms with E-state index in [-0.39, 0.29) is 11.9 Å². The van der Waals surface area contributed by atoms with Crippen LogP contribution in [0.5, 0.6) is 5.75 Å². The molecular weight excluding hydrogens is 358 g/mol. The largest absolute Gasteiger partial charge is 0.497 e. The maximum absolute atomic E-state index is 12.7. The summed E-state index contributed by atoms with van der Waals surface area (Å²) in [4.78, 5) is 20.8. The zero-order valence-electron chi connectivity index (χ0n) is 16.5. The zero-order valence-corrected chi connectivity index (χ0v) is 17.3. The van der Waals surface area contributed by atoms with Crippen molar-refractivity contribution >= 4 is 17.2 Å². The number of aromatic nitrogens is 1. The van der Waals surface area contributed by atoms with Crippen LogP contribution in [0.2, 0.25) is 0 Å². The van der Waals surface area contributed by atoms with Crippen LogP contribution in [-0.2, 0) is 11.2 Å². The average molecular weight is 388 g/mol. The molecule has 1 aliphatic heterocycles. The Morgan fingerprint density at radius 3 is 2.63 bits per heavy atom. The van der Waals surface area contributed by atoms with E-state index in [1.807, 2.05) is 31.2 Å². The van der Waals surface area contributed by atoms with E-state index in [2.05, 4.69) is 22.1 Å². The summed E-state index contributed by atoms with van der Waals surface area (Å²) >= 11 is 1.60. The van der Waals surface area contributed by atoms with Gasteiger partial charge in [0.25, 0.3) is 0 Å². The Balaban J connectivity index is 1.66.